The number of urea groups is 1. The summed E-state index contributed by atoms with van der Waals surface area (Å²) in [7, 11) is 0. The summed E-state index contributed by atoms with van der Waals surface area (Å²) in [4.78, 5) is 33.8. The highest BCUT2D eigenvalue weighted by Gasteiger charge is 2.33. The normalized spacial score (nSPS) is 15.1. The van der Waals surface area contributed by atoms with Crippen LogP contribution < -0.4 is 10.6 Å². The molecule has 6 nitrogen and oxygen atoms in total. The molecule has 2 amide bonds. The number of carbonyl (C=O) groups excluding carboxylic acids is 2. The van der Waals surface area contributed by atoms with Crippen LogP contribution in [0.5, 0.6) is 0 Å². The number of anilines is 1. The molecule has 1 aliphatic rings. The number of ketones is 1. The summed E-state index contributed by atoms with van der Waals surface area (Å²) < 4.78 is 0. The summed E-state index contributed by atoms with van der Waals surface area (Å²) >= 11 is 0. The van der Waals surface area contributed by atoms with E-state index < -0.39 is 12.0 Å². The van der Waals surface area contributed by atoms with Gasteiger partial charge in [-0.05, 0) is 49.9 Å². The van der Waals surface area contributed by atoms with Gasteiger partial charge in [0, 0.05) is 17.3 Å². The molecule has 1 fully saturated rings. The zero-order valence-electron chi connectivity index (χ0n) is 11.8. The monoisotopic (exact) mass is 290 g/mol. The Kier molecular flexibility index (Phi) is 4.57. The van der Waals surface area contributed by atoms with Gasteiger partial charge in [0.05, 0.1) is 6.42 Å². The van der Waals surface area contributed by atoms with E-state index in [4.69, 9.17) is 5.11 Å². The number of Topliss-reactive ketones (excluding diaryl/α,β-unsaturated/α-hetero) is 1. The van der Waals surface area contributed by atoms with Crippen molar-refractivity contribution in [3.63, 3.8) is 0 Å². The van der Waals surface area contributed by atoms with Gasteiger partial charge in [-0.15, -0.1) is 0 Å². The number of hydrogen-bond acceptors (Lipinski definition) is 3. The lowest BCUT2D eigenvalue weighted by molar-refractivity contribution is -0.137. The topological polar surface area (TPSA) is 95.5 Å². The zero-order chi connectivity index (χ0) is 15.4. The molecule has 1 aliphatic carbocycles. The van der Waals surface area contributed by atoms with Gasteiger partial charge in [0.2, 0.25) is 0 Å². The van der Waals surface area contributed by atoms with Gasteiger partial charge in [0.1, 0.15) is 0 Å². The first-order valence-electron chi connectivity index (χ1n) is 6.86. The fraction of sp³-hybridized carbons (Fsp3) is 0.400. The van der Waals surface area contributed by atoms with E-state index in [0.29, 0.717) is 11.3 Å². The van der Waals surface area contributed by atoms with Crippen LogP contribution in [0.15, 0.2) is 24.3 Å². The van der Waals surface area contributed by atoms with Crippen molar-refractivity contribution in [3.8, 4) is 0 Å². The Morgan fingerprint density at radius 3 is 2.33 bits per heavy atom. The largest absolute Gasteiger partial charge is 0.481 e. The molecular weight excluding hydrogens is 272 g/mol. The van der Waals surface area contributed by atoms with Crippen LogP contribution in [0.3, 0.4) is 0 Å². The first kappa shape index (κ1) is 15.0. The smallest absolute Gasteiger partial charge is 0.319 e. The molecule has 3 N–H and O–H groups in total. The van der Waals surface area contributed by atoms with E-state index >= 15 is 0 Å². The van der Waals surface area contributed by atoms with Gasteiger partial charge in [-0.3, -0.25) is 9.59 Å². The van der Waals surface area contributed by atoms with E-state index in [9.17, 15) is 14.4 Å². The second kappa shape index (κ2) is 6.39. The maximum absolute atomic E-state index is 11.9. The van der Waals surface area contributed by atoms with Crippen LogP contribution in [-0.4, -0.2) is 28.9 Å². The van der Waals surface area contributed by atoms with E-state index in [1.807, 2.05) is 0 Å². The SMILES string of the molecule is CC(=O)c1ccc(NC(=O)NC(CC(=O)O)C2CC2)cc1. The maximum Gasteiger partial charge on any atom is 0.319 e. The van der Waals surface area contributed by atoms with Crippen molar-refractivity contribution >= 4 is 23.5 Å². The maximum atomic E-state index is 11.9. The Morgan fingerprint density at radius 1 is 1.24 bits per heavy atom. The van der Waals surface area contributed by atoms with Gasteiger partial charge in [0.15, 0.2) is 5.78 Å². The Bertz CT molecular complexity index is 549. The second-order valence-corrected chi connectivity index (χ2v) is 5.27. The lowest BCUT2D eigenvalue weighted by atomic mass is 10.1. The molecule has 0 saturated heterocycles. The second-order valence-electron chi connectivity index (χ2n) is 5.27. The van der Waals surface area contributed by atoms with Crippen molar-refractivity contribution in [1.82, 2.24) is 5.32 Å². The third-order valence-corrected chi connectivity index (χ3v) is 3.45. The van der Waals surface area contributed by atoms with Crippen LogP contribution in [0, 0.1) is 5.92 Å². The molecule has 6 heteroatoms. The molecule has 0 aromatic heterocycles. The van der Waals surface area contributed by atoms with Crippen LogP contribution in [0.4, 0.5) is 10.5 Å². The minimum atomic E-state index is -0.919. The number of carboxylic acids is 1. The molecule has 112 valence electrons. The van der Waals surface area contributed by atoms with Crippen molar-refractivity contribution in [3.05, 3.63) is 29.8 Å². The Balaban J connectivity index is 1.90. The van der Waals surface area contributed by atoms with Gasteiger partial charge in [-0.2, -0.15) is 0 Å². The van der Waals surface area contributed by atoms with Crippen LogP contribution in [-0.2, 0) is 4.79 Å². The first-order chi connectivity index (χ1) is 9.95. The number of hydrogen-bond donors (Lipinski definition) is 3. The Hall–Kier alpha value is -2.37. The number of rotatable bonds is 6. The van der Waals surface area contributed by atoms with Crippen molar-refractivity contribution < 1.29 is 19.5 Å². The third kappa shape index (κ3) is 4.59. The minimum absolute atomic E-state index is 0.0405. The van der Waals surface area contributed by atoms with E-state index in [-0.39, 0.29) is 24.2 Å². The summed E-state index contributed by atoms with van der Waals surface area (Å²) in [6.45, 7) is 1.47. The molecule has 21 heavy (non-hydrogen) atoms. The van der Waals surface area contributed by atoms with Crippen molar-refractivity contribution in [2.75, 3.05) is 5.32 Å². The molecule has 1 saturated carbocycles. The zero-order valence-corrected chi connectivity index (χ0v) is 11.8. The molecular formula is C15H18N2O4. The summed E-state index contributed by atoms with van der Waals surface area (Å²) in [5, 5.41) is 14.2. The molecule has 1 aromatic carbocycles. The van der Waals surface area contributed by atoms with E-state index in [2.05, 4.69) is 10.6 Å². The number of nitrogens with one attached hydrogen (secondary N) is 2. The van der Waals surface area contributed by atoms with Crippen LogP contribution in [0.25, 0.3) is 0 Å². The van der Waals surface area contributed by atoms with Crippen LogP contribution >= 0.6 is 0 Å². The van der Waals surface area contributed by atoms with E-state index in [1.54, 1.807) is 24.3 Å². The molecule has 0 bridgehead atoms. The molecule has 0 spiro atoms. The van der Waals surface area contributed by atoms with E-state index in [0.717, 1.165) is 12.8 Å². The number of carboxylic acid groups (broad SMARTS) is 1. The summed E-state index contributed by atoms with van der Waals surface area (Å²) in [6, 6.07) is 5.78. The summed E-state index contributed by atoms with van der Waals surface area (Å²) in [6.07, 6.45) is 1.83. The molecule has 0 aliphatic heterocycles. The number of carbonyl (C=O) groups is 3. The highest BCUT2D eigenvalue weighted by molar-refractivity contribution is 5.95. The third-order valence-electron chi connectivity index (χ3n) is 3.45. The van der Waals surface area contributed by atoms with Gasteiger partial charge < -0.3 is 15.7 Å². The van der Waals surface area contributed by atoms with Gasteiger partial charge in [0.25, 0.3) is 0 Å². The quantitative estimate of drug-likeness (QED) is 0.700. The van der Waals surface area contributed by atoms with Crippen molar-refractivity contribution in [2.45, 2.75) is 32.2 Å². The molecule has 0 radical (unpaired) electrons. The van der Waals surface area contributed by atoms with E-state index in [1.165, 1.54) is 6.92 Å². The average Bonchev–Trinajstić information content (AvgIpc) is 3.22. The Morgan fingerprint density at radius 2 is 1.86 bits per heavy atom. The first-order valence-corrected chi connectivity index (χ1v) is 6.86. The van der Waals surface area contributed by atoms with Crippen LogP contribution in [0.2, 0.25) is 0 Å². The standard InChI is InChI=1S/C15H18N2O4/c1-9(18)10-4-6-12(7-5-10)16-15(21)17-13(8-14(19)20)11-2-3-11/h4-7,11,13H,2-3,8H2,1H3,(H,19,20)(H2,16,17,21). The molecule has 1 unspecified atom stereocenters. The average molecular weight is 290 g/mol. The van der Waals surface area contributed by atoms with Crippen molar-refractivity contribution in [2.24, 2.45) is 5.92 Å². The predicted molar refractivity (Wildman–Crippen MR) is 77.4 cm³/mol. The number of amides is 2. The molecule has 1 aromatic rings. The Labute approximate surface area is 122 Å². The fourth-order valence-electron chi connectivity index (χ4n) is 2.15. The highest BCUT2D eigenvalue weighted by Crippen LogP contribution is 2.34. The summed E-state index contributed by atoms with van der Waals surface area (Å²) in [5.74, 6) is -0.703. The number of aliphatic carboxylic acids is 1. The summed E-state index contributed by atoms with van der Waals surface area (Å²) in [5.41, 5.74) is 1.13. The lowest BCUT2D eigenvalue weighted by Gasteiger charge is -2.16. The van der Waals surface area contributed by atoms with Gasteiger partial charge in [-0.25, -0.2) is 4.79 Å². The molecule has 2 rings (SSSR count). The molecule has 0 heterocycles. The van der Waals surface area contributed by atoms with Gasteiger partial charge in [-0.1, -0.05) is 0 Å². The minimum Gasteiger partial charge on any atom is -0.481 e. The van der Waals surface area contributed by atoms with Crippen LogP contribution in [0.1, 0.15) is 36.5 Å². The van der Waals surface area contributed by atoms with Gasteiger partial charge >= 0.3 is 12.0 Å². The number of benzene rings is 1. The van der Waals surface area contributed by atoms with Crippen molar-refractivity contribution in [1.29, 1.82) is 0 Å². The lowest BCUT2D eigenvalue weighted by Crippen LogP contribution is -2.40. The molecule has 1 atom stereocenters. The predicted octanol–water partition coefficient (Wildman–Crippen LogP) is 2.26. The highest BCUT2D eigenvalue weighted by atomic mass is 16.4. The fourth-order valence-corrected chi connectivity index (χ4v) is 2.15.